The molecule has 2 heterocycles. The summed E-state index contributed by atoms with van der Waals surface area (Å²) < 4.78 is 43.0. The number of amides is 1. The molecule has 34 heavy (non-hydrogen) atoms. The van der Waals surface area contributed by atoms with E-state index in [9.17, 15) is 18.0 Å². The number of nitrogens with one attached hydrogen (secondary N) is 1. The highest BCUT2D eigenvalue weighted by molar-refractivity contribution is 7.89. The predicted octanol–water partition coefficient (Wildman–Crippen LogP) is 2.37. The first-order valence-corrected chi connectivity index (χ1v) is 12.6. The van der Waals surface area contributed by atoms with E-state index >= 15 is 0 Å². The van der Waals surface area contributed by atoms with Crippen LogP contribution in [0.15, 0.2) is 47.4 Å². The molecule has 2 aliphatic heterocycles. The van der Waals surface area contributed by atoms with Crippen molar-refractivity contribution in [3.63, 3.8) is 0 Å². The Hall–Kier alpha value is -3.11. The Morgan fingerprint density at radius 3 is 2.47 bits per heavy atom. The Kier molecular flexibility index (Phi) is 7.08. The van der Waals surface area contributed by atoms with Crippen molar-refractivity contribution in [3.05, 3.63) is 53.6 Å². The highest BCUT2D eigenvalue weighted by atomic mass is 32.2. The minimum atomic E-state index is -3.60. The van der Waals surface area contributed by atoms with E-state index in [1.807, 2.05) is 13.0 Å². The summed E-state index contributed by atoms with van der Waals surface area (Å²) in [5.74, 6) is -0.0610. The summed E-state index contributed by atoms with van der Waals surface area (Å²) in [4.78, 5) is 25.2. The van der Waals surface area contributed by atoms with Crippen molar-refractivity contribution in [2.75, 3.05) is 19.9 Å². The number of rotatable bonds is 7. The number of piperidine rings is 1. The standard InChI is InChI=1S/C24H28N2O7S/c1-16-3-6-20(7-4-16)34(29,30)26-11-9-19(10-12-26)24(28)33-17(2)23(27)25-14-18-5-8-21-22(13-18)32-15-31-21/h3-8,13,17,19H,9-12,14-15H2,1-2H3,(H,25,27)/t17-/m1/s1. The van der Waals surface area contributed by atoms with Gasteiger partial charge in [0.2, 0.25) is 16.8 Å². The number of aryl methyl sites for hydroxylation is 1. The van der Waals surface area contributed by atoms with Crippen LogP contribution in [-0.2, 0) is 30.9 Å². The smallest absolute Gasteiger partial charge is 0.309 e. The van der Waals surface area contributed by atoms with Gasteiger partial charge in [0.15, 0.2) is 17.6 Å². The van der Waals surface area contributed by atoms with Gasteiger partial charge < -0.3 is 19.5 Å². The van der Waals surface area contributed by atoms with Crippen LogP contribution in [0.4, 0.5) is 0 Å². The van der Waals surface area contributed by atoms with Gasteiger partial charge in [-0.3, -0.25) is 9.59 Å². The monoisotopic (exact) mass is 488 g/mol. The molecular weight excluding hydrogens is 460 g/mol. The van der Waals surface area contributed by atoms with Gasteiger partial charge in [-0.2, -0.15) is 4.31 Å². The molecule has 1 atom stereocenters. The number of esters is 1. The third kappa shape index (κ3) is 5.34. The van der Waals surface area contributed by atoms with Crippen LogP contribution in [0.2, 0.25) is 0 Å². The molecule has 0 aromatic heterocycles. The number of hydrogen-bond acceptors (Lipinski definition) is 7. The van der Waals surface area contributed by atoms with Crippen LogP contribution in [0, 0.1) is 12.8 Å². The molecule has 1 saturated heterocycles. The van der Waals surface area contributed by atoms with E-state index in [-0.39, 0.29) is 31.3 Å². The number of carbonyl (C=O) groups excluding carboxylic acids is 2. The zero-order chi connectivity index (χ0) is 24.3. The average Bonchev–Trinajstić information content (AvgIpc) is 3.30. The maximum absolute atomic E-state index is 12.8. The fraction of sp³-hybridized carbons (Fsp3) is 0.417. The van der Waals surface area contributed by atoms with Crippen molar-refractivity contribution in [1.29, 1.82) is 0 Å². The first-order valence-electron chi connectivity index (χ1n) is 11.2. The van der Waals surface area contributed by atoms with E-state index in [1.165, 1.54) is 11.2 Å². The second kappa shape index (κ2) is 10.0. The topological polar surface area (TPSA) is 111 Å². The van der Waals surface area contributed by atoms with Crippen LogP contribution in [0.25, 0.3) is 0 Å². The maximum Gasteiger partial charge on any atom is 0.309 e. The molecule has 9 nitrogen and oxygen atoms in total. The van der Waals surface area contributed by atoms with Crippen molar-refractivity contribution in [2.24, 2.45) is 5.92 Å². The minimum absolute atomic E-state index is 0.176. The van der Waals surface area contributed by atoms with Gasteiger partial charge in [0.05, 0.1) is 10.8 Å². The molecule has 0 radical (unpaired) electrons. The van der Waals surface area contributed by atoms with Crippen LogP contribution in [0.1, 0.15) is 30.9 Å². The second-order valence-corrected chi connectivity index (χ2v) is 10.4. The van der Waals surface area contributed by atoms with Crippen molar-refractivity contribution < 1.29 is 32.2 Å². The SMILES string of the molecule is Cc1ccc(S(=O)(=O)N2CCC(C(=O)O[C@H](C)C(=O)NCc3ccc4c(c3)OCO4)CC2)cc1. The quantitative estimate of drug-likeness (QED) is 0.596. The zero-order valence-corrected chi connectivity index (χ0v) is 20.0. The van der Waals surface area contributed by atoms with Crippen molar-refractivity contribution in [1.82, 2.24) is 9.62 Å². The largest absolute Gasteiger partial charge is 0.454 e. The minimum Gasteiger partial charge on any atom is -0.454 e. The van der Waals surface area contributed by atoms with E-state index < -0.39 is 33.9 Å². The first kappa shape index (κ1) is 24.0. The van der Waals surface area contributed by atoms with Gasteiger partial charge in [0, 0.05) is 19.6 Å². The summed E-state index contributed by atoms with van der Waals surface area (Å²) in [7, 11) is -3.60. The summed E-state index contributed by atoms with van der Waals surface area (Å²) >= 11 is 0. The molecule has 0 aliphatic carbocycles. The molecule has 10 heteroatoms. The van der Waals surface area contributed by atoms with Crippen LogP contribution in [0.3, 0.4) is 0 Å². The molecule has 1 fully saturated rings. The van der Waals surface area contributed by atoms with E-state index in [1.54, 1.807) is 36.4 Å². The summed E-state index contributed by atoms with van der Waals surface area (Å²) in [6.45, 7) is 4.29. The molecule has 2 aliphatic rings. The Labute approximate surface area is 199 Å². The third-order valence-electron chi connectivity index (χ3n) is 6.01. The number of ether oxygens (including phenoxy) is 3. The molecule has 0 unspecified atom stereocenters. The number of fused-ring (bicyclic) bond motifs is 1. The van der Waals surface area contributed by atoms with Crippen molar-refractivity contribution in [3.8, 4) is 11.5 Å². The summed E-state index contributed by atoms with van der Waals surface area (Å²) in [6, 6.07) is 12.1. The lowest BCUT2D eigenvalue weighted by atomic mass is 9.98. The summed E-state index contributed by atoms with van der Waals surface area (Å²) in [6.07, 6.45) is -0.277. The van der Waals surface area contributed by atoms with Crippen LogP contribution in [-0.4, -0.2) is 50.6 Å². The molecule has 0 bridgehead atoms. The Bertz CT molecular complexity index is 1160. The summed E-state index contributed by atoms with van der Waals surface area (Å²) in [5, 5.41) is 2.75. The molecule has 1 N–H and O–H groups in total. The Balaban J connectivity index is 1.24. The van der Waals surface area contributed by atoms with Gasteiger partial charge >= 0.3 is 5.97 Å². The molecule has 182 valence electrons. The number of carbonyl (C=O) groups is 2. The van der Waals surface area contributed by atoms with Gasteiger partial charge in [-0.1, -0.05) is 23.8 Å². The van der Waals surface area contributed by atoms with Gasteiger partial charge in [-0.25, -0.2) is 8.42 Å². The van der Waals surface area contributed by atoms with Crippen LogP contribution < -0.4 is 14.8 Å². The fourth-order valence-corrected chi connectivity index (χ4v) is 5.37. The molecule has 2 aromatic carbocycles. The average molecular weight is 489 g/mol. The lowest BCUT2D eigenvalue weighted by Crippen LogP contribution is -2.42. The Morgan fingerprint density at radius 1 is 1.09 bits per heavy atom. The molecular formula is C24H28N2O7S. The summed E-state index contributed by atoms with van der Waals surface area (Å²) in [5.41, 5.74) is 1.81. The van der Waals surface area contributed by atoms with Gasteiger partial charge in [-0.05, 0) is 56.5 Å². The fourth-order valence-electron chi connectivity index (χ4n) is 3.90. The van der Waals surface area contributed by atoms with Crippen LogP contribution >= 0.6 is 0 Å². The van der Waals surface area contributed by atoms with E-state index in [2.05, 4.69) is 5.32 Å². The first-order chi connectivity index (χ1) is 16.2. The molecule has 4 rings (SSSR count). The number of benzene rings is 2. The number of nitrogens with zero attached hydrogens (tertiary/aromatic N) is 1. The normalized spacial score (nSPS) is 17.2. The highest BCUT2D eigenvalue weighted by Crippen LogP contribution is 2.32. The molecule has 0 spiro atoms. The third-order valence-corrected chi connectivity index (χ3v) is 7.92. The van der Waals surface area contributed by atoms with Crippen LogP contribution in [0.5, 0.6) is 11.5 Å². The predicted molar refractivity (Wildman–Crippen MR) is 123 cm³/mol. The Morgan fingerprint density at radius 2 is 1.76 bits per heavy atom. The maximum atomic E-state index is 12.8. The van der Waals surface area contributed by atoms with E-state index in [0.717, 1.165) is 11.1 Å². The lowest BCUT2D eigenvalue weighted by molar-refractivity contribution is -0.159. The molecule has 0 saturated carbocycles. The van der Waals surface area contributed by atoms with Crippen molar-refractivity contribution in [2.45, 2.75) is 44.2 Å². The van der Waals surface area contributed by atoms with E-state index in [0.29, 0.717) is 24.3 Å². The van der Waals surface area contributed by atoms with Gasteiger partial charge in [0.1, 0.15) is 0 Å². The van der Waals surface area contributed by atoms with Crippen molar-refractivity contribution >= 4 is 21.9 Å². The van der Waals surface area contributed by atoms with E-state index in [4.69, 9.17) is 14.2 Å². The lowest BCUT2D eigenvalue weighted by Gasteiger charge is -2.30. The zero-order valence-electron chi connectivity index (χ0n) is 19.2. The molecule has 1 amide bonds. The second-order valence-electron chi connectivity index (χ2n) is 8.48. The number of sulfonamides is 1. The van der Waals surface area contributed by atoms with Gasteiger partial charge in [0.25, 0.3) is 5.91 Å². The van der Waals surface area contributed by atoms with Gasteiger partial charge in [-0.15, -0.1) is 0 Å². The highest BCUT2D eigenvalue weighted by Gasteiger charge is 2.34. The molecule has 2 aromatic rings. The number of hydrogen-bond donors (Lipinski definition) is 1.